The van der Waals surface area contributed by atoms with E-state index in [1.54, 1.807) is 7.05 Å². The van der Waals surface area contributed by atoms with E-state index in [0.717, 1.165) is 16.8 Å². The Morgan fingerprint density at radius 2 is 1.59 bits per heavy atom. The van der Waals surface area contributed by atoms with Crippen LogP contribution in [0.2, 0.25) is 0 Å². The molecule has 3 aromatic carbocycles. The van der Waals surface area contributed by atoms with E-state index in [4.69, 9.17) is 4.99 Å². The molecule has 1 atom stereocenters. The van der Waals surface area contributed by atoms with Crippen LogP contribution in [0.1, 0.15) is 36.5 Å². The van der Waals surface area contributed by atoms with E-state index in [1.807, 2.05) is 78.9 Å². The first kappa shape index (κ1) is 21.3. The van der Waals surface area contributed by atoms with Crippen LogP contribution in [0.25, 0.3) is 0 Å². The minimum absolute atomic E-state index is 0.311. The van der Waals surface area contributed by atoms with Gasteiger partial charge in [0.1, 0.15) is 0 Å². The Kier molecular flexibility index (Phi) is 6.03. The Morgan fingerprint density at radius 3 is 2.28 bits per heavy atom. The summed E-state index contributed by atoms with van der Waals surface area (Å²) in [7, 11) is 1.70. The summed E-state index contributed by atoms with van der Waals surface area (Å²) in [5.74, 6) is 0.0955. The Bertz CT molecular complexity index is 1150. The Hall–Kier alpha value is -3.93. The first-order valence-electron chi connectivity index (χ1n) is 10.6. The molecule has 4 rings (SSSR count). The van der Waals surface area contributed by atoms with Crippen molar-refractivity contribution in [3.63, 3.8) is 0 Å². The number of fused-ring (bicyclic) bond motifs is 1. The number of nitrogens with zero attached hydrogens (tertiary/aromatic N) is 2. The predicted octanol–water partition coefficient (Wildman–Crippen LogP) is 4.77. The zero-order chi connectivity index (χ0) is 22.7. The van der Waals surface area contributed by atoms with Crippen molar-refractivity contribution in [1.29, 1.82) is 0 Å². The molecule has 3 aromatic rings. The highest BCUT2D eigenvalue weighted by molar-refractivity contribution is 6.20. The van der Waals surface area contributed by atoms with Gasteiger partial charge in [0.05, 0.1) is 11.4 Å². The van der Waals surface area contributed by atoms with Crippen LogP contribution in [0, 0.1) is 0 Å². The summed E-state index contributed by atoms with van der Waals surface area (Å²) in [5, 5.41) is 5.53. The minimum Gasteiger partial charge on any atom is -0.311 e. The molecule has 6 heteroatoms. The highest BCUT2D eigenvalue weighted by Gasteiger charge is 2.30. The molecule has 0 radical (unpaired) electrons. The number of hydrogen-bond acceptors (Lipinski definition) is 3. The van der Waals surface area contributed by atoms with E-state index in [0.29, 0.717) is 17.3 Å². The summed E-state index contributed by atoms with van der Waals surface area (Å²) in [6.45, 7) is 4.23. The Balaban J connectivity index is 1.63. The van der Waals surface area contributed by atoms with Gasteiger partial charge < -0.3 is 15.5 Å². The molecule has 1 unspecified atom stereocenters. The molecule has 1 aliphatic heterocycles. The van der Waals surface area contributed by atoms with Crippen molar-refractivity contribution in [2.45, 2.75) is 25.9 Å². The first-order valence-corrected chi connectivity index (χ1v) is 10.6. The number of anilines is 2. The number of urea groups is 1. The molecule has 1 aliphatic rings. The van der Waals surface area contributed by atoms with Crippen LogP contribution >= 0.6 is 0 Å². The van der Waals surface area contributed by atoms with E-state index in [-0.39, 0.29) is 5.91 Å². The van der Waals surface area contributed by atoms with Crippen LogP contribution in [0.15, 0.2) is 83.9 Å². The second-order valence-electron chi connectivity index (χ2n) is 8.04. The average Bonchev–Trinajstić information content (AvgIpc) is 2.91. The van der Waals surface area contributed by atoms with Gasteiger partial charge >= 0.3 is 6.03 Å². The molecule has 6 nitrogen and oxygen atoms in total. The fraction of sp³-hybridized carbons (Fsp3) is 0.192. The summed E-state index contributed by atoms with van der Waals surface area (Å²) < 4.78 is 0. The lowest BCUT2D eigenvalue weighted by Gasteiger charge is -2.21. The standard InChI is InChI=1S/C26H26N4O2/c1-17(2)18-13-15-20(16-14-18)27-26(32)29-24-25(31)30(3)22-12-8-7-11-21(22)23(28-24)19-9-5-4-6-10-19/h4-17,24H,1-3H3,(H2,27,29,32). The smallest absolute Gasteiger partial charge is 0.311 e. The van der Waals surface area contributed by atoms with Crippen LogP contribution in [0.5, 0.6) is 0 Å². The van der Waals surface area contributed by atoms with Gasteiger partial charge in [0, 0.05) is 23.9 Å². The van der Waals surface area contributed by atoms with Crippen molar-refractivity contribution in [2.75, 3.05) is 17.3 Å². The fourth-order valence-electron chi connectivity index (χ4n) is 3.69. The molecular formula is C26H26N4O2. The van der Waals surface area contributed by atoms with Crippen molar-refractivity contribution < 1.29 is 9.59 Å². The minimum atomic E-state index is -1.06. The van der Waals surface area contributed by atoms with Gasteiger partial charge in [-0.2, -0.15) is 0 Å². The quantitative estimate of drug-likeness (QED) is 0.631. The largest absolute Gasteiger partial charge is 0.321 e. The molecule has 0 spiro atoms. The number of amides is 3. The van der Waals surface area contributed by atoms with Crippen LogP contribution < -0.4 is 15.5 Å². The van der Waals surface area contributed by atoms with Crippen molar-refractivity contribution in [3.05, 3.63) is 95.6 Å². The van der Waals surface area contributed by atoms with E-state index in [1.165, 1.54) is 10.5 Å². The maximum Gasteiger partial charge on any atom is 0.321 e. The lowest BCUT2D eigenvalue weighted by atomic mass is 10.0. The molecule has 2 N–H and O–H groups in total. The lowest BCUT2D eigenvalue weighted by Crippen LogP contribution is -2.47. The molecule has 1 heterocycles. The Labute approximate surface area is 188 Å². The average molecular weight is 427 g/mol. The number of carbonyl (C=O) groups is 2. The third-order valence-electron chi connectivity index (χ3n) is 5.49. The number of rotatable bonds is 4. The fourth-order valence-corrected chi connectivity index (χ4v) is 3.69. The van der Waals surface area contributed by atoms with Crippen molar-refractivity contribution >= 4 is 29.0 Å². The third-order valence-corrected chi connectivity index (χ3v) is 5.49. The number of para-hydroxylation sites is 1. The normalized spacial score (nSPS) is 15.6. The van der Waals surface area contributed by atoms with Gasteiger partial charge in [-0.25, -0.2) is 9.79 Å². The molecular weight excluding hydrogens is 400 g/mol. The van der Waals surface area contributed by atoms with E-state index in [9.17, 15) is 9.59 Å². The summed E-state index contributed by atoms with van der Waals surface area (Å²) in [6, 6.07) is 24.4. The summed E-state index contributed by atoms with van der Waals surface area (Å²) in [5.41, 5.74) is 4.95. The number of nitrogens with one attached hydrogen (secondary N) is 2. The summed E-state index contributed by atoms with van der Waals surface area (Å²) in [6.07, 6.45) is -1.06. The predicted molar refractivity (Wildman–Crippen MR) is 128 cm³/mol. The summed E-state index contributed by atoms with van der Waals surface area (Å²) in [4.78, 5) is 32.1. The topological polar surface area (TPSA) is 73.8 Å². The molecule has 3 amide bonds. The van der Waals surface area contributed by atoms with Crippen molar-refractivity contribution in [2.24, 2.45) is 4.99 Å². The highest BCUT2D eigenvalue weighted by Crippen LogP contribution is 2.27. The molecule has 0 fully saturated rings. The number of hydrogen-bond donors (Lipinski definition) is 2. The van der Waals surface area contributed by atoms with E-state index < -0.39 is 12.2 Å². The SMILES string of the molecule is CC(C)c1ccc(NC(=O)NC2N=C(c3ccccc3)c3ccccc3N(C)C2=O)cc1. The number of carbonyl (C=O) groups excluding carboxylic acids is 2. The van der Waals surface area contributed by atoms with E-state index in [2.05, 4.69) is 24.5 Å². The van der Waals surface area contributed by atoms with Crippen LogP contribution in [0.4, 0.5) is 16.2 Å². The Morgan fingerprint density at radius 1 is 0.938 bits per heavy atom. The number of benzene rings is 3. The third kappa shape index (κ3) is 4.39. The number of aliphatic imine (C=N–C) groups is 1. The van der Waals surface area contributed by atoms with Gasteiger partial charge in [-0.05, 0) is 29.7 Å². The monoisotopic (exact) mass is 426 g/mol. The highest BCUT2D eigenvalue weighted by atomic mass is 16.2. The zero-order valence-corrected chi connectivity index (χ0v) is 18.4. The van der Waals surface area contributed by atoms with Gasteiger partial charge in [-0.1, -0.05) is 74.5 Å². The molecule has 32 heavy (non-hydrogen) atoms. The van der Waals surface area contributed by atoms with Crippen molar-refractivity contribution in [1.82, 2.24) is 5.32 Å². The van der Waals surface area contributed by atoms with Gasteiger partial charge in [0.25, 0.3) is 5.91 Å². The molecule has 0 aromatic heterocycles. The maximum absolute atomic E-state index is 13.2. The molecule has 0 saturated carbocycles. The maximum atomic E-state index is 13.2. The van der Waals surface area contributed by atoms with Crippen LogP contribution in [-0.4, -0.2) is 30.9 Å². The van der Waals surface area contributed by atoms with Gasteiger partial charge in [-0.3, -0.25) is 4.79 Å². The number of likely N-dealkylation sites (N-methyl/N-ethyl adjacent to an activating group) is 1. The van der Waals surface area contributed by atoms with Gasteiger partial charge in [0.15, 0.2) is 0 Å². The zero-order valence-electron chi connectivity index (χ0n) is 18.4. The number of benzodiazepines with no additional fused rings is 1. The molecule has 162 valence electrons. The first-order chi connectivity index (χ1) is 15.4. The van der Waals surface area contributed by atoms with Crippen LogP contribution in [0.3, 0.4) is 0 Å². The second-order valence-corrected chi connectivity index (χ2v) is 8.04. The van der Waals surface area contributed by atoms with Crippen LogP contribution in [-0.2, 0) is 4.79 Å². The van der Waals surface area contributed by atoms with Gasteiger partial charge in [-0.15, -0.1) is 0 Å². The summed E-state index contributed by atoms with van der Waals surface area (Å²) >= 11 is 0. The second kappa shape index (κ2) is 9.06. The molecule has 0 bridgehead atoms. The van der Waals surface area contributed by atoms with Gasteiger partial charge in [0.2, 0.25) is 6.17 Å². The molecule has 0 saturated heterocycles. The van der Waals surface area contributed by atoms with E-state index >= 15 is 0 Å². The molecule has 0 aliphatic carbocycles. The lowest BCUT2D eigenvalue weighted by molar-refractivity contribution is -0.119. The van der Waals surface area contributed by atoms with Crippen molar-refractivity contribution in [3.8, 4) is 0 Å².